The third kappa shape index (κ3) is 5.05. The molecule has 2 rings (SSSR count). The van der Waals surface area contributed by atoms with Crippen molar-refractivity contribution in [1.82, 2.24) is 4.90 Å². The minimum absolute atomic E-state index is 0.0503. The van der Waals surface area contributed by atoms with Gasteiger partial charge in [-0.3, -0.25) is 4.79 Å². The number of nitrogens with zero attached hydrogens (tertiary/aromatic N) is 1. The smallest absolute Gasteiger partial charge is 0.220 e. The number of hydrogen-bond donors (Lipinski definition) is 2. The molecule has 0 aliphatic carbocycles. The highest BCUT2D eigenvalue weighted by Crippen LogP contribution is 2.16. The molecule has 0 radical (unpaired) electrons. The van der Waals surface area contributed by atoms with Crippen LogP contribution >= 0.6 is 0 Å². The summed E-state index contributed by atoms with van der Waals surface area (Å²) < 4.78 is 18.8. The van der Waals surface area contributed by atoms with Gasteiger partial charge in [-0.2, -0.15) is 0 Å². The number of ether oxygens (including phenoxy) is 1. The van der Waals surface area contributed by atoms with E-state index in [0.29, 0.717) is 12.1 Å². The number of primary amides is 1. The van der Waals surface area contributed by atoms with E-state index in [2.05, 4.69) is 4.90 Å². The van der Waals surface area contributed by atoms with Gasteiger partial charge in [0.2, 0.25) is 5.91 Å². The minimum atomic E-state index is -0.628. The van der Waals surface area contributed by atoms with Crippen molar-refractivity contribution >= 4 is 5.91 Å². The monoisotopic (exact) mass is 310 g/mol. The highest BCUT2D eigenvalue weighted by molar-refractivity contribution is 5.76. The van der Waals surface area contributed by atoms with Crippen molar-refractivity contribution in [3.05, 3.63) is 35.6 Å². The molecule has 6 heteroatoms. The van der Waals surface area contributed by atoms with E-state index < -0.39 is 6.10 Å². The van der Waals surface area contributed by atoms with Crippen LogP contribution in [0.25, 0.3) is 0 Å². The number of nitrogens with two attached hydrogens (primary N) is 1. The Morgan fingerprint density at radius 3 is 2.73 bits per heavy atom. The van der Waals surface area contributed by atoms with Crippen LogP contribution in [0.5, 0.6) is 0 Å². The molecule has 1 aliphatic heterocycles. The average molecular weight is 310 g/mol. The van der Waals surface area contributed by atoms with Gasteiger partial charge in [0.15, 0.2) is 0 Å². The molecule has 1 amide bonds. The van der Waals surface area contributed by atoms with Crippen LogP contribution in [-0.2, 0) is 16.1 Å². The Bertz CT molecular complexity index is 490. The first kappa shape index (κ1) is 16.9. The molecule has 1 atom stereocenters. The second-order valence-corrected chi connectivity index (χ2v) is 5.74. The van der Waals surface area contributed by atoms with Crippen LogP contribution in [0.3, 0.4) is 0 Å². The number of carbonyl (C=O) groups is 1. The second-order valence-electron chi connectivity index (χ2n) is 5.74. The summed E-state index contributed by atoms with van der Waals surface area (Å²) in [5.74, 6) is -0.593. The summed E-state index contributed by atoms with van der Waals surface area (Å²) in [6.45, 7) is 2.29. The maximum atomic E-state index is 13.4. The average Bonchev–Trinajstić information content (AvgIpc) is 2.50. The maximum absolute atomic E-state index is 13.4. The summed E-state index contributed by atoms with van der Waals surface area (Å²) in [6.07, 6.45) is 0.841. The first-order valence-electron chi connectivity index (χ1n) is 7.57. The van der Waals surface area contributed by atoms with Crippen molar-refractivity contribution in [2.24, 2.45) is 11.7 Å². The zero-order valence-corrected chi connectivity index (χ0v) is 12.6. The van der Waals surface area contributed by atoms with Crippen LogP contribution in [-0.4, -0.2) is 48.3 Å². The molecule has 1 saturated heterocycles. The second kappa shape index (κ2) is 8.22. The molecule has 1 fully saturated rings. The van der Waals surface area contributed by atoms with Crippen LogP contribution in [0, 0.1) is 11.7 Å². The highest BCUT2D eigenvalue weighted by atomic mass is 19.1. The Kier molecular flexibility index (Phi) is 6.30. The van der Waals surface area contributed by atoms with Gasteiger partial charge in [0.05, 0.1) is 19.3 Å². The van der Waals surface area contributed by atoms with Gasteiger partial charge < -0.3 is 20.5 Å². The number of hydrogen-bond acceptors (Lipinski definition) is 4. The normalized spacial score (nSPS) is 18.3. The van der Waals surface area contributed by atoms with Crippen molar-refractivity contribution in [1.29, 1.82) is 0 Å². The highest BCUT2D eigenvalue weighted by Gasteiger charge is 2.24. The minimum Gasteiger partial charge on any atom is -0.389 e. The Morgan fingerprint density at radius 2 is 2.09 bits per heavy atom. The quantitative estimate of drug-likeness (QED) is 0.784. The number of rotatable bonds is 7. The molecular formula is C16H23FN2O3. The predicted octanol–water partition coefficient (Wildman–Crippen LogP) is 0.901. The van der Waals surface area contributed by atoms with Gasteiger partial charge in [0.1, 0.15) is 5.82 Å². The number of likely N-dealkylation sites (tertiary alicyclic amines) is 1. The maximum Gasteiger partial charge on any atom is 0.220 e. The van der Waals surface area contributed by atoms with Gasteiger partial charge in [-0.05, 0) is 32.0 Å². The van der Waals surface area contributed by atoms with E-state index in [4.69, 9.17) is 10.5 Å². The third-order valence-electron chi connectivity index (χ3n) is 3.98. The summed E-state index contributed by atoms with van der Waals surface area (Å²) in [4.78, 5) is 13.2. The number of aliphatic hydroxyl groups is 1. The third-order valence-corrected chi connectivity index (χ3v) is 3.98. The first-order chi connectivity index (χ1) is 10.6. The number of piperidine rings is 1. The lowest BCUT2D eigenvalue weighted by Crippen LogP contribution is -2.42. The summed E-state index contributed by atoms with van der Waals surface area (Å²) >= 11 is 0. The summed E-state index contributed by atoms with van der Waals surface area (Å²) in [7, 11) is 0. The van der Waals surface area contributed by atoms with Crippen LogP contribution < -0.4 is 5.73 Å². The molecule has 0 bridgehead atoms. The molecule has 1 heterocycles. The van der Waals surface area contributed by atoms with E-state index in [9.17, 15) is 14.3 Å². The van der Waals surface area contributed by atoms with Gasteiger partial charge in [-0.25, -0.2) is 4.39 Å². The molecule has 5 nitrogen and oxygen atoms in total. The first-order valence-corrected chi connectivity index (χ1v) is 7.57. The largest absolute Gasteiger partial charge is 0.389 e. The van der Waals surface area contributed by atoms with Crippen LogP contribution in [0.15, 0.2) is 24.3 Å². The number of amides is 1. The molecule has 3 N–H and O–H groups in total. The number of aliphatic hydroxyl groups excluding tert-OH is 1. The van der Waals surface area contributed by atoms with Crippen molar-refractivity contribution < 1.29 is 19.0 Å². The van der Waals surface area contributed by atoms with Crippen LogP contribution in [0.2, 0.25) is 0 Å². The van der Waals surface area contributed by atoms with E-state index in [-0.39, 0.29) is 30.9 Å². The lowest BCUT2D eigenvalue weighted by atomic mass is 9.96. The molecule has 1 aromatic rings. The van der Waals surface area contributed by atoms with Crippen molar-refractivity contribution in [2.75, 3.05) is 26.2 Å². The van der Waals surface area contributed by atoms with Crippen molar-refractivity contribution in [3.63, 3.8) is 0 Å². The molecule has 1 aliphatic rings. The lowest BCUT2D eigenvalue weighted by Gasteiger charge is -2.31. The molecule has 1 aromatic carbocycles. The van der Waals surface area contributed by atoms with Gasteiger partial charge in [0.25, 0.3) is 0 Å². The predicted molar refractivity (Wildman–Crippen MR) is 80.4 cm³/mol. The molecule has 1 unspecified atom stereocenters. The molecule has 0 spiro atoms. The summed E-state index contributed by atoms with van der Waals surface area (Å²) in [6, 6.07) is 6.43. The van der Waals surface area contributed by atoms with Crippen molar-refractivity contribution in [2.45, 2.75) is 25.6 Å². The number of halogens is 1. The lowest BCUT2D eigenvalue weighted by molar-refractivity contribution is -0.123. The van der Waals surface area contributed by atoms with E-state index >= 15 is 0 Å². The molecule has 0 saturated carbocycles. The number of benzene rings is 1. The topological polar surface area (TPSA) is 75.8 Å². The Labute approximate surface area is 129 Å². The Balaban J connectivity index is 1.65. The molecule has 0 aromatic heterocycles. The standard InChI is InChI=1S/C16H23FN2O3/c17-15-4-2-1-3-13(15)10-22-11-14(20)9-19-7-5-12(6-8-19)16(18)21/h1-4,12,14,20H,5-11H2,(H2,18,21). The van der Waals surface area contributed by atoms with Gasteiger partial charge in [-0.1, -0.05) is 18.2 Å². The van der Waals surface area contributed by atoms with E-state index in [1.807, 2.05) is 0 Å². The zero-order chi connectivity index (χ0) is 15.9. The summed E-state index contributed by atoms with van der Waals surface area (Å²) in [5, 5.41) is 9.97. The summed E-state index contributed by atoms with van der Waals surface area (Å²) in [5.41, 5.74) is 5.77. The molecule has 122 valence electrons. The van der Waals surface area contributed by atoms with E-state index in [1.54, 1.807) is 18.2 Å². The number of carbonyl (C=O) groups excluding carboxylic acids is 1. The van der Waals surface area contributed by atoms with Crippen LogP contribution in [0.1, 0.15) is 18.4 Å². The fourth-order valence-corrected chi connectivity index (χ4v) is 2.67. The van der Waals surface area contributed by atoms with Gasteiger partial charge >= 0.3 is 0 Å². The fraction of sp³-hybridized carbons (Fsp3) is 0.562. The Hall–Kier alpha value is -1.50. The molecular weight excluding hydrogens is 287 g/mol. The van der Waals surface area contributed by atoms with Crippen molar-refractivity contribution in [3.8, 4) is 0 Å². The van der Waals surface area contributed by atoms with Crippen LogP contribution in [0.4, 0.5) is 4.39 Å². The van der Waals surface area contributed by atoms with Gasteiger partial charge in [0, 0.05) is 18.0 Å². The van der Waals surface area contributed by atoms with E-state index in [0.717, 1.165) is 25.9 Å². The number of β-amino-alcohol motifs (C(OH)–C–C–N with tert-alkyl or cyclic N) is 1. The van der Waals surface area contributed by atoms with E-state index in [1.165, 1.54) is 6.07 Å². The zero-order valence-electron chi connectivity index (χ0n) is 12.6. The SMILES string of the molecule is NC(=O)C1CCN(CC(O)COCc2ccccc2F)CC1. The molecule has 22 heavy (non-hydrogen) atoms. The fourth-order valence-electron chi connectivity index (χ4n) is 2.67. The Morgan fingerprint density at radius 1 is 1.41 bits per heavy atom. The van der Waals surface area contributed by atoms with Gasteiger partial charge in [-0.15, -0.1) is 0 Å².